The minimum atomic E-state index is -0.311. The Morgan fingerprint density at radius 3 is 2.78 bits per heavy atom. The van der Waals surface area contributed by atoms with Crippen molar-refractivity contribution in [3.05, 3.63) is 42.2 Å². The van der Waals surface area contributed by atoms with E-state index in [1.54, 1.807) is 4.90 Å². The molecule has 1 saturated heterocycles. The highest BCUT2D eigenvalue weighted by molar-refractivity contribution is 5.80. The smallest absolute Gasteiger partial charge is 0.251 e. The Morgan fingerprint density at radius 2 is 2.04 bits per heavy atom. The summed E-state index contributed by atoms with van der Waals surface area (Å²) in [4.78, 5) is 14.1. The molecule has 146 valence electrons. The molecule has 0 spiro atoms. The molecule has 1 fully saturated rings. The number of nitrogens with zero attached hydrogens (tertiary/aromatic N) is 2. The van der Waals surface area contributed by atoms with E-state index in [9.17, 15) is 4.79 Å². The molecule has 1 aliphatic rings. The number of carbonyl (C=O) groups excluding carboxylic acids is 1. The SMILES string of the molecule is CN(CCCCCc1cc(-c2ccccc2)no1)C(=O)[C@@H]1CC[C@H](CN)O1. The zero-order chi connectivity index (χ0) is 19.1. The van der Waals surface area contributed by atoms with Crippen molar-refractivity contribution in [3.8, 4) is 11.3 Å². The molecule has 1 amide bonds. The van der Waals surface area contributed by atoms with Crippen LogP contribution in [0.15, 0.2) is 40.9 Å². The van der Waals surface area contributed by atoms with Gasteiger partial charge in [0.15, 0.2) is 0 Å². The van der Waals surface area contributed by atoms with Gasteiger partial charge < -0.3 is 19.9 Å². The van der Waals surface area contributed by atoms with Gasteiger partial charge >= 0.3 is 0 Å². The maximum atomic E-state index is 12.4. The van der Waals surface area contributed by atoms with Crippen LogP contribution < -0.4 is 5.73 Å². The third-order valence-corrected chi connectivity index (χ3v) is 5.07. The maximum Gasteiger partial charge on any atom is 0.251 e. The second-order valence-electron chi connectivity index (χ2n) is 7.17. The number of nitrogens with two attached hydrogens (primary N) is 1. The highest BCUT2D eigenvalue weighted by Crippen LogP contribution is 2.21. The number of ether oxygens (including phenoxy) is 1. The average Bonchev–Trinajstić information content (AvgIpc) is 3.37. The van der Waals surface area contributed by atoms with Gasteiger partial charge in [0.1, 0.15) is 17.6 Å². The first kappa shape index (κ1) is 19.6. The number of rotatable bonds is 9. The summed E-state index contributed by atoms with van der Waals surface area (Å²) in [6.45, 7) is 1.23. The number of benzene rings is 1. The van der Waals surface area contributed by atoms with Gasteiger partial charge in [0, 0.05) is 38.2 Å². The fraction of sp³-hybridized carbons (Fsp3) is 0.524. The predicted octanol–water partition coefficient (Wildman–Crippen LogP) is 3.02. The molecule has 0 bridgehead atoms. The fourth-order valence-corrected chi connectivity index (χ4v) is 3.42. The van der Waals surface area contributed by atoms with E-state index >= 15 is 0 Å². The number of unbranched alkanes of at least 4 members (excludes halogenated alkanes) is 2. The number of carbonyl (C=O) groups is 1. The van der Waals surface area contributed by atoms with Gasteiger partial charge in [-0.25, -0.2) is 0 Å². The Morgan fingerprint density at radius 1 is 1.22 bits per heavy atom. The Hall–Kier alpha value is -2.18. The normalized spacial score (nSPS) is 19.3. The predicted molar refractivity (Wildman–Crippen MR) is 104 cm³/mol. The molecule has 6 heteroatoms. The topological polar surface area (TPSA) is 81.6 Å². The average molecular weight is 371 g/mol. The summed E-state index contributed by atoms with van der Waals surface area (Å²) in [6, 6.07) is 12.0. The second-order valence-corrected chi connectivity index (χ2v) is 7.17. The van der Waals surface area contributed by atoms with Crippen LogP contribution in [0.2, 0.25) is 0 Å². The summed E-state index contributed by atoms with van der Waals surface area (Å²) >= 11 is 0. The quantitative estimate of drug-likeness (QED) is 0.685. The number of amides is 1. The monoisotopic (exact) mass is 371 g/mol. The zero-order valence-electron chi connectivity index (χ0n) is 16.0. The zero-order valence-corrected chi connectivity index (χ0v) is 16.0. The van der Waals surface area contributed by atoms with Gasteiger partial charge in [-0.2, -0.15) is 0 Å². The van der Waals surface area contributed by atoms with Gasteiger partial charge in [-0.1, -0.05) is 41.9 Å². The molecule has 1 aromatic carbocycles. The van der Waals surface area contributed by atoms with Crippen molar-refractivity contribution in [2.75, 3.05) is 20.1 Å². The van der Waals surface area contributed by atoms with Crippen molar-refractivity contribution in [1.82, 2.24) is 10.1 Å². The van der Waals surface area contributed by atoms with Crippen LogP contribution in [0.4, 0.5) is 0 Å². The molecule has 6 nitrogen and oxygen atoms in total. The van der Waals surface area contributed by atoms with Gasteiger partial charge in [-0.05, 0) is 25.7 Å². The first-order valence-corrected chi connectivity index (χ1v) is 9.79. The summed E-state index contributed by atoms with van der Waals surface area (Å²) in [7, 11) is 1.85. The van der Waals surface area contributed by atoms with Crippen molar-refractivity contribution in [3.63, 3.8) is 0 Å². The van der Waals surface area contributed by atoms with Crippen molar-refractivity contribution in [2.45, 2.75) is 50.7 Å². The number of hydrogen-bond acceptors (Lipinski definition) is 5. The minimum absolute atomic E-state index is 0.0371. The van der Waals surface area contributed by atoms with Gasteiger partial charge in [0.25, 0.3) is 5.91 Å². The number of hydrogen-bond donors (Lipinski definition) is 1. The number of aromatic nitrogens is 1. The van der Waals surface area contributed by atoms with E-state index in [0.717, 1.165) is 62.1 Å². The Kier molecular flexibility index (Phi) is 7.01. The molecule has 2 heterocycles. The van der Waals surface area contributed by atoms with Crippen LogP contribution in [0.1, 0.15) is 37.9 Å². The lowest BCUT2D eigenvalue weighted by atomic mass is 10.1. The largest absolute Gasteiger partial charge is 0.364 e. The number of aryl methyl sites for hydroxylation is 1. The lowest BCUT2D eigenvalue weighted by molar-refractivity contribution is -0.141. The van der Waals surface area contributed by atoms with E-state index in [1.807, 2.05) is 43.4 Å². The van der Waals surface area contributed by atoms with E-state index < -0.39 is 0 Å². The van der Waals surface area contributed by atoms with Crippen molar-refractivity contribution >= 4 is 5.91 Å². The summed E-state index contributed by atoms with van der Waals surface area (Å²) < 4.78 is 11.1. The first-order valence-electron chi connectivity index (χ1n) is 9.79. The van der Waals surface area contributed by atoms with Crippen LogP contribution >= 0.6 is 0 Å². The Balaban J connectivity index is 1.34. The van der Waals surface area contributed by atoms with Crippen LogP contribution in [-0.2, 0) is 16.0 Å². The van der Waals surface area contributed by atoms with Crippen LogP contribution in [0.3, 0.4) is 0 Å². The van der Waals surface area contributed by atoms with Gasteiger partial charge in [0.05, 0.1) is 6.10 Å². The molecule has 0 saturated carbocycles. The summed E-state index contributed by atoms with van der Waals surface area (Å²) in [5.74, 6) is 0.985. The van der Waals surface area contributed by atoms with Crippen LogP contribution in [0, 0.1) is 0 Å². The van der Waals surface area contributed by atoms with Crippen LogP contribution in [0.25, 0.3) is 11.3 Å². The number of likely N-dealkylation sites (N-methyl/N-ethyl adjacent to an activating group) is 1. The third kappa shape index (κ3) is 5.40. The molecule has 0 aliphatic carbocycles. The maximum absolute atomic E-state index is 12.4. The molecule has 2 N–H and O–H groups in total. The van der Waals surface area contributed by atoms with Crippen LogP contribution in [-0.4, -0.2) is 48.3 Å². The van der Waals surface area contributed by atoms with E-state index in [2.05, 4.69) is 5.16 Å². The molecular formula is C21H29N3O3. The highest BCUT2D eigenvalue weighted by Gasteiger charge is 2.31. The lowest BCUT2D eigenvalue weighted by Crippen LogP contribution is -2.37. The Bertz CT molecular complexity index is 716. The van der Waals surface area contributed by atoms with E-state index in [4.69, 9.17) is 15.0 Å². The van der Waals surface area contributed by atoms with E-state index in [0.29, 0.717) is 6.54 Å². The second kappa shape index (κ2) is 9.67. The first-order chi connectivity index (χ1) is 13.2. The summed E-state index contributed by atoms with van der Waals surface area (Å²) in [5.41, 5.74) is 7.55. The summed E-state index contributed by atoms with van der Waals surface area (Å²) in [6.07, 6.45) is 5.26. The minimum Gasteiger partial charge on any atom is -0.364 e. The molecule has 1 aliphatic heterocycles. The standard InChI is InChI=1S/C21H29N3O3/c1-24(21(25)20-12-11-18(15-22)26-20)13-7-3-6-10-17-14-19(23-27-17)16-8-4-2-5-9-16/h2,4-5,8-9,14,18,20H,3,6-7,10-13,15,22H2,1H3/t18-,20+/m1/s1. The van der Waals surface area contributed by atoms with Crippen LogP contribution in [0.5, 0.6) is 0 Å². The van der Waals surface area contributed by atoms with Gasteiger partial charge in [-0.3, -0.25) is 4.79 Å². The molecule has 27 heavy (non-hydrogen) atoms. The molecule has 3 rings (SSSR count). The third-order valence-electron chi connectivity index (χ3n) is 5.07. The highest BCUT2D eigenvalue weighted by atomic mass is 16.5. The van der Waals surface area contributed by atoms with E-state index in [-0.39, 0.29) is 18.1 Å². The molecular weight excluding hydrogens is 342 g/mol. The van der Waals surface area contributed by atoms with E-state index in [1.165, 1.54) is 0 Å². The van der Waals surface area contributed by atoms with Gasteiger partial charge in [-0.15, -0.1) is 0 Å². The van der Waals surface area contributed by atoms with Crippen molar-refractivity contribution < 1.29 is 14.1 Å². The molecule has 2 aromatic rings. The molecule has 0 radical (unpaired) electrons. The summed E-state index contributed by atoms with van der Waals surface area (Å²) in [5, 5.41) is 4.14. The Labute approximate surface area is 160 Å². The molecule has 2 atom stereocenters. The van der Waals surface area contributed by atoms with Crippen molar-refractivity contribution in [1.29, 1.82) is 0 Å². The molecule has 0 unspecified atom stereocenters. The lowest BCUT2D eigenvalue weighted by Gasteiger charge is -2.21. The fourth-order valence-electron chi connectivity index (χ4n) is 3.42. The van der Waals surface area contributed by atoms with Crippen molar-refractivity contribution in [2.24, 2.45) is 5.73 Å². The molecule has 1 aromatic heterocycles. The van der Waals surface area contributed by atoms with Gasteiger partial charge in [0.2, 0.25) is 0 Å².